The van der Waals surface area contributed by atoms with E-state index in [0.29, 0.717) is 17.2 Å². The Kier molecular flexibility index (Phi) is 5.26. The molecule has 0 spiro atoms. The van der Waals surface area contributed by atoms with Gasteiger partial charge in [0.15, 0.2) is 0 Å². The highest BCUT2D eigenvalue weighted by Gasteiger charge is 2.08. The second-order valence-corrected chi connectivity index (χ2v) is 5.31. The average Bonchev–Trinajstić information content (AvgIpc) is 2.97. The SMILES string of the molecule is CCOc1ccc(NC(=O)/C=C/c2ccc([N+](=O)[O-])s2)cc1. The van der Waals surface area contributed by atoms with E-state index in [9.17, 15) is 14.9 Å². The minimum absolute atomic E-state index is 0.0478. The lowest BCUT2D eigenvalue weighted by atomic mass is 10.3. The molecule has 0 aliphatic carbocycles. The normalized spacial score (nSPS) is 10.6. The molecule has 1 heterocycles. The van der Waals surface area contributed by atoms with E-state index in [2.05, 4.69) is 5.32 Å². The van der Waals surface area contributed by atoms with Crippen LogP contribution in [0, 0.1) is 10.1 Å². The van der Waals surface area contributed by atoms with Gasteiger partial charge in [-0.3, -0.25) is 14.9 Å². The smallest absolute Gasteiger partial charge is 0.324 e. The van der Waals surface area contributed by atoms with Crippen molar-refractivity contribution in [3.8, 4) is 5.75 Å². The standard InChI is InChI=1S/C15H14N2O4S/c1-2-21-12-5-3-11(4-6-12)16-14(18)9-7-13-8-10-15(22-13)17(19)20/h3-10H,2H2,1H3,(H,16,18)/b9-7+. The molecule has 0 fully saturated rings. The topological polar surface area (TPSA) is 81.5 Å². The molecular formula is C15H14N2O4S. The van der Waals surface area contributed by atoms with Gasteiger partial charge in [-0.1, -0.05) is 11.3 Å². The third-order valence-corrected chi connectivity index (χ3v) is 3.63. The van der Waals surface area contributed by atoms with Gasteiger partial charge in [0, 0.05) is 22.7 Å². The summed E-state index contributed by atoms with van der Waals surface area (Å²) in [5, 5.41) is 13.3. The van der Waals surface area contributed by atoms with Gasteiger partial charge in [0.25, 0.3) is 0 Å². The van der Waals surface area contributed by atoms with E-state index in [4.69, 9.17) is 4.74 Å². The number of ether oxygens (including phenoxy) is 1. The predicted molar refractivity (Wildman–Crippen MR) is 86.2 cm³/mol. The maximum Gasteiger partial charge on any atom is 0.324 e. The molecule has 0 saturated carbocycles. The molecule has 0 unspecified atom stereocenters. The van der Waals surface area contributed by atoms with Crippen molar-refractivity contribution < 1.29 is 14.5 Å². The highest BCUT2D eigenvalue weighted by Crippen LogP contribution is 2.24. The van der Waals surface area contributed by atoms with Crippen molar-refractivity contribution in [2.75, 3.05) is 11.9 Å². The molecule has 2 rings (SSSR count). The fraction of sp³-hybridized carbons (Fsp3) is 0.133. The number of nitrogens with one attached hydrogen (secondary N) is 1. The highest BCUT2D eigenvalue weighted by molar-refractivity contribution is 7.16. The number of hydrogen-bond donors (Lipinski definition) is 1. The lowest BCUT2D eigenvalue weighted by Crippen LogP contribution is -2.07. The second-order valence-electron chi connectivity index (χ2n) is 4.21. The molecule has 0 aliphatic rings. The van der Waals surface area contributed by atoms with Gasteiger partial charge >= 0.3 is 5.00 Å². The third kappa shape index (κ3) is 4.42. The van der Waals surface area contributed by atoms with Gasteiger partial charge in [-0.05, 0) is 43.3 Å². The van der Waals surface area contributed by atoms with Gasteiger partial charge in [0.2, 0.25) is 5.91 Å². The van der Waals surface area contributed by atoms with Crippen LogP contribution in [0.4, 0.5) is 10.7 Å². The summed E-state index contributed by atoms with van der Waals surface area (Å²) in [7, 11) is 0. The zero-order chi connectivity index (χ0) is 15.9. The molecule has 1 N–H and O–H groups in total. The fourth-order valence-corrected chi connectivity index (χ4v) is 2.40. The Hall–Kier alpha value is -2.67. The van der Waals surface area contributed by atoms with Crippen molar-refractivity contribution in [3.63, 3.8) is 0 Å². The van der Waals surface area contributed by atoms with E-state index in [1.165, 1.54) is 12.1 Å². The quantitative estimate of drug-likeness (QED) is 0.500. The molecule has 114 valence electrons. The van der Waals surface area contributed by atoms with E-state index in [0.717, 1.165) is 17.1 Å². The van der Waals surface area contributed by atoms with Crippen molar-refractivity contribution in [1.29, 1.82) is 0 Å². The fourth-order valence-electron chi connectivity index (χ4n) is 1.67. The van der Waals surface area contributed by atoms with Gasteiger partial charge in [-0.25, -0.2) is 0 Å². The third-order valence-electron chi connectivity index (χ3n) is 2.62. The Balaban J connectivity index is 1.93. The van der Waals surface area contributed by atoms with Crippen molar-refractivity contribution in [2.24, 2.45) is 0 Å². The van der Waals surface area contributed by atoms with Crippen LogP contribution in [0.5, 0.6) is 5.75 Å². The van der Waals surface area contributed by atoms with Crippen LogP contribution in [0.2, 0.25) is 0 Å². The summed E-state index contributed by atoms with van der Waals surface area (Å²) in [5.74, 6) is 0.433. The Morgan fingerprint density at radius 1 is 1.32 bits per heavy atom. The average molecular weight is 318 g/mol. The van der Waals surface area contributed by atoms with Crippen LogP contribution in [0.15, 0.2) is 42.5 Å². The number of anilines is 1. The number of rotatable bonds is 6. The zero-order valence-electron chi connectivity index (χ0n) is 11.8. The number of amides is 1. The Labute approximate surface area is 131 Å². The van der Waals surface area contributed by atoms with Gasteiger partial charge in [0.1, 0.15) is 5.75 Å². The molecule has 0 aliphatic heterocycles. The number of nitro groups is 1. The molecule has 22 heavy (non-hydrogen) atoms. The van der Waals surface area contributed by atoms with Gasteiger partial charge in [-0.2, -0.15) is 0 Å². The molecule has 1 aromatic heterocycles. The summed E-state index contributed by atoms with van der Waals surface area (Å²) < 4.78 is 5.31. The van der Waals surface area contributed by atoms with E-state index in [1.807, 2.05) is 6.92 Å². The number of carbonyl (C=O) groups is 1. The number of hydrogen-bond acceptors (Lipinski definition) is 5. The number of benzene rings is 1. The largest absolute Gasteiger partial charge is 0.494 e. The molecular weight excluding hydrogens is 304 g/mol. The van der Waals surface area contributed by atoms with E-state index in [1.54, 1.807) is 36.4 Å². The molecule has 7 heteroatoms. The Morgan fingerprint density at radius 3 is 2.64 bits per heavy atom. The van der Waals surface area contributed by atoms with E-state index in [-0.39, 0.29) is 10.9 Å². The van der Waals surface area contributed by atoms with Crippen LogP contribution < -0.4 is 10.1 Å². The first-order chi connectivity index (χ1) is 10.6. The summed E-state index contributed by atoms with van der Waals surface area (Å²) in [4.78, 5) is 22.5. The van der Waals surface area contributed by atoms with E-state index >= 15 is 0 Å². The van der Waals surface area contributed by atoms with Crippen molar-refractivity contribution in [2.45, 2.75) is 6.92 Å². The predicted octanol–water partition coefficient (Wildman–Crippen LogP) is 3.71. The van der Waals surface area contributed by atoms with Gasteiger partial charge in [-0.15, -0.1) is 0 Å². The molecule has 2 aromatic rings. The van der Waals surface area contributed by atoms with Crippen LogP contribution in [0.25, 0.3) is 6.08 Å². The molecule has 0 saturated heterocycles. The molecule has 0 bridgehead atoms. The summed E-state index contributed by atoms with van der Waals surface area (Å²) in [5.41, 5.74) is 0.648. The van der Waals surface area contributed by atoms with Crippen molar-refractivity contribution >= 4 is 34.0 Å². The van der Waals surface area contributed by atoms with Gasteiger partial charge in [0.05, 0.1) is 11.5 Å². The molecule has 1 aromatic carbocycles. The van der Waals surface area contributed by atoms with Crippen LogP contribution in [-0.2, 0) is 4.79 Å². The summed E-state index contributed by atoms with van der Waals surface area (Å²) in [6, 6.07) is 10.0. The lowest BCUT2D eigenvalue weighted by molar-refractivity contribution is -0.380. The summed E-state index contributed by atoms with van der Waals surface area (Å²) in [6.07, 6.45) is 2.88. The molecule has 0 radical (unpaired) electrons. The van der Waals surface area contributed by atoms with Crippen molar-refractivity contribution in [3.05, 3.63) is 57.5 Å². The van der Waals surface area contributed by atoms with Crippen LogP contribution in [0.1, 0.15) is 11.8 Å². The van der Waals surface area contributed by atoms with Gasteiger partial charge < -0.3 is 10.1 Å². The molecule has 0 atom stereocenters. The van der Waals surface area contributed by atoms with Crippen LogP contribution in [0.3, 0.4) is 0 Å². The monoisotopic (exact) mass is 318 g/mol. The number of nitrogens with zero attached hydrogens (tertiary/aromatic N) is 1. The highest BCUT2D eigenvalue weighted by atomic mass is 32.1. The van der Waals surface area contributed by atoms with E-state index < -0.39 is 4.92 Å². The maximum atomic E-state index is 11.8. The first kappa shape index (κ1) is 15.7. The summed E-state index contributed by atoms with van der Waals surface area (Å²) in [6.45, 7) is 2.48. The molecule has 1 amide bonds. The summed E-state index contributed by atoms with van der Waals surface area (Å²) >= 11 is 1.01. The number of carbonyl (C=O) groups excluding carboxylic acids is 1. The minimum Gasteiger partial charge on any atom is -0.494 e. The van der Waals surface area contributed by atoms with Crippen molar-refractivity contribution in [1.82, 2.24) is 0 Å². The Morgan fingerprint density at radius 2 is 2.05 bits per heavy atom. The maximum absolute atomic E-state index is 11.8. The minimum atomic E-state index is -0.456. The first-order valence-electron chi connectivity index (χ1n) is 6.54. The first-order valence-corrected chi connectivity index (χ1v) is 7.36. The Bertz CT molecular complexity index is 692. The van der Waals surface area contributed by atoms with Crippen LogP contribution in [-0.4, -0.2) is 17.4 Å². The lowest BCUT2D eigenvalue weighted by Gasteiger charge is -2.05. The number of thiophene rings is 1. The second kappa shape index (κ2) is 7.37. The molecule has 6 nitrogen and oxygen atoms in total. The zero-order valence-corrected chi connectivity index (χ0v) is 12.6. The van der Waals surface area contributed by atoms with Crippen LogP contribution >= 0.6 is 11.3 Å².